The van der Waals surface area contributed by atoms with E-state index in [1.165, 1.54) is 47.8 Å². The maximum Gasteiger partial charge on any atom is 0.335 e. The Hall–Kier alpha value is -2.33. The second kappa shape index (κ2) is 7.50. The van der Waals surface area contributed by atoms with Crippen molar-refractivity contribution in [2.45, 2.75) is 38.1 Å². The van der Waals surface area contributed by atoms with Crippen LogP contribution in [-0.4, -0.2) is 11.1 Å². The third kappa shape index (κ3) is 3.47. The van der Waals surface area contributed by atoms with Gasteiger partial charge in [0.2, 0.25) is 0 Å². The molecular formula is C22H23NO2S. The highest BCUT2D eigenvalue weighted by Crippen LogP contribution is 2.41. The van der Waals surface area contributed by atoms with Crippen molar-refractivity contribution in [3.05, 3.63) is 65.0 Å². The van der Waals surface area contributed by atoms with Crippen molar-refractivity contribution in [2.75, 3.05) is 5.32 Å². The van der Waals surface area contributed by atoms with Gasteiger partial charge >= 0.3 is 5.97 Å². The van der Waals surface area contributed by atoms with Gasteiger partial charge in [0.25, 0.3) is 0 Å². The van der Waals surface area contributed by atoms with E-state index in [1.54, 1.807) is 23.5 Å². The Labute approximate surface area is 157 Å². The van der Waals surface area contributed by atoms with Gasteiger partial charge in [0, 0.05) is 10.4 Å². The molecule has 4 rings (SSSR count). The Balaban J connectivity index is 1.67. The summed E-state index contributed by atoms with van der Waals surface area (Å²) in [6.45, 7) is 0. The molecule has 1 saturated carbocycles. The Morgan fingerprint density at radius 2 is 1.77 bits per heavy atom. The van der Waals surface area contributed by atoms with Gasteiger partial charge in [-0.3, -0.25) is 0 Å². The number of nitrogens with one attached hydrogen (secondary N) is 1. The molecule has 0 aliphatic heterocycles. The number of anilines is 1. The number of carboxylic acids is 1. The number of carboxylic acid groups (broad SMARTS) is 1. The summed E-state index contributed by atoms with van der Waals surface area (Å²) in [6.07, 6.45) is 6.41. The van der Waals surface area contributed by atoms with Crippen LogP contribution in [0.3, 0.4) is 0 Å². The van der Waals surface area contributed by atoms with E-state index >= 15 is 0 Å². The summed E-state index contributed by atoms with van der Waals surface area (Å²) in [4.78, 5) is 11.1. The molecule has 0 saturated heterocycles. The maximum atomic E-state index is 11.1. The van der Waals surface area contributed by atoms with Gasteiger partial charge in [-0.15, -0.1) is 11.3 Å². The molecule has 0 radical (unpaired) electrons. The average molecular weight is 365 g/mol. The van der Waals surface area contributed by atoms with Crippen molar-refractivity contribution in [3.63, 3.8) is 0 Å². The first kappa shape index (κ1) is 17.1. The zero-order valence-corrected chi connectivity index (χ0v) is 15.5. The number of hydrogen-bond donors (Lipinski definition) is 2. The maximum absolute atomic E-state index is 11.1. The van der Waals surface area contributed by atoms with Gasteiger partial charge in [0.05, 0.1) is 11.6 Å². The van der Waals surface area contributed by atoms with Crippen LogP contribution in [0.25, 0.3) is 10.1 Å². The topological polar surface area (TPSA) is 49.3 Å². The predicted octanol–water partition coefficient (Wildman–Crippen LogP) is 6.33. The number of fused-ring (bicyclic) bond motifs is 1. The van der Waals surface area contributed by atoms with E-state index in [9.17, 15) is 4.79 Å². The van der Waals surface area contributed by atoms with E-state index in [-0.39, 0.29) is 6.04 Å². The Morgan fingerprint density at radius 1 is 1.04 bits per heavy atom. The fraction of sp³-hybridized carbons (Fsp3) is 0.318. The molecular weight excluding hydrogens is 342 g/mol. The number of aromatic carboxylic acids is 1. The Bertz CT molecular complexity index is 894. The second-order valence-corrected chi connectivity index (χ2v) is 8.00. The fourth-order valence-electron chi connectivity index (χ4n) is 4.04. The van der Waals surface area contributed by atoms with Crippen LogP contribution in [0.5, 0.6) is 0 Å². The molecule has 0 amide bonds. The van der Waals surface area contributed by atoms with Crippen molar-refractivity contribution < 1.29 is 9.90 Å². The first-order valence-electron chi connectivity index (χ1n) is 9.28. The van der Waals surface area contributed by atoms with E-state index in [0.29, 0.717) is 11.5 Å². The normalized spacial score (nSPS) is 16.5. The van der Waals surface area contributed by atoms with Gasteiger partial charge in [0.1, 0.15) is 0 Å². The van der Waals surface area contributed by atoms with Gasteiger partial charge in [-0.1, -0.05) is 37.5 Å². The predicted molar refractivity (Wildman–Crippen MR) is 108 cm³/mol. The van der Waals surface area contributed by atoms with Gasteiger partial charge in [-0.2, -0.15) is 0 Å². The molecule has 3 nitrogen and oxygen atoms in total. The van der Waals surface area contributed by atoms with Gasteiger partial charge in [-0.05, 0) is 65.4 Å². The van der Waals surface area contributed by atoms with Crippen LogP contribution in [0.15, 0.2) is 53.9 Å². The lowest BCUT2D eigenvalue weighted by molar-refractivity contribution is 0.0697. The number of carbonyl (C=O) groups is 1. The first-order valence-corrected chi connectivity index (χ1v) is 10.2. The molecule has 3 aromatic rings. The molecule has 1 aliphatic carbocycles. The number of thiophene rings is 1. The largest absolute Gasteiger partial charge is 0.478 e. The molecule has 1 aromatic heterocycles. The van der Waals surface area contributed by atoms with Crippen molar-refractivity contribution in [2.24, 2.45) is 5.92 Å². The Morgan fingerprint density at radius 3 is 2.50 bits per heavy atom. The molecule has 1 unspecified atom stereocenters. The zero-order chi connectivity index (χ0) is 17.9. The number of rotatable bonds is 5. The minimum absolute atomic E-state index is 0.266. The monoisotopic (exact) mass is 365 g/mol. The van der Waals surface area contributed by atoms with E-state index in [4.69, 9.17) is 5.11 Å². The lowest BCUT2D eigenvalue weighted by Crippen LogP contribution is -2.23. The third-order valence-corrected chi connectivity index (χ3v) is 6.40. The molecule has 26 heavy (non-hydrogen) atoms. The van der Waals surface area contributed by atoms with Crippen LogP contribution in [-0.2, 0) is 0 Å². The lowest BCUT2D eigenvalue weighted by Gasteiger charge is -2.32. The fourth-order valence-corrected chi connectivity index (χ4v) is 5.04. The van der Waals surface area contributed by atoms with E-state index in [0.717, 1.165) is 5.69 Å². The van der Waals surface area contributed by atoms with Crippen LogP contribution < -0.4 is 5.32 Å². The van der Waals surface area contributed by atoms with Gasteiger partial charge in [-0.25, -0.2) is 4.79 Å². The highest BCUT2D eigenvalue weighted by Gasteiger charge is 2.27. The van der Waals surface area contributed by atoms with Crippen molar-refractivity contribution in [1.82, 2.24) is 0 Å². The van der Waals surface area contributed by atoms with Crippen molar-refractivity contribution in [3.8, 4) is 0 Å². The molecule has 2 N–H and O–H groups in total. The molecule has 1 fully saturated rings. The molecule has 134 valence electrons. The molecule has 2 aromatic carbocycles. The quantitative estimate of drug-likeness (QED) is 0.555. The van der Waals surface area contributed by atoms with E-state index in [1.807, 2.05) is 12.1 Å². The summed E-state index contributed by atoms with van der Waals surface area (Å²) in [5.41, 5.74) is 2.69. The SMILES string of the molecule is O=C(O)c1ccc(NC(c2csc3ccccc23)C2CCCCC2)cc1. The van der Waals surface area contributed by atoms with Crippen LogP contribution in [0.1, 0.15) is 54.1 Å². The summed E-state index contributed by atoms with van der Waals surface area (Å²) in [7, 11) is 0. The second-order valence-electron chi connectivity index (χ2n) is 7.09. The van der Waals surface area contributed by atoms with E-state index in [2.05, 4.69) is 35.0 Å². The summed E-state index contributed by atoms with van der Waals surface area (Å²) in [5.74, 6) is -0.273. The van der Waals surface area contributed by atoms with Crippen molar-refractivity contribution >= 4 is 33.1 Å². The summed E-state index contributed by atoms with van der Waals surface area (Å²) >= 11 is 1.81. The lowest BCUT2D eigenvalue weighted by atomic mass is 9.81. The van der Waals surface area contributed by atoms with Gasteiger partial charge in [0.15, 0.2) is 0 Å². The summed E-state index contributed by atoms with van der Waals surface area (Å²) in [6, 6.07) is 16.0. The molecule has 4 heteroatoms. The summed E-state index contributed by atoms with van der Waals surface area (Å²) in [5, 5.41) is 16.5. The van der Waals surface area contributed by atoms with Crippen LogP contribution in [0, 0.1) is 5.92 Å². The van der Waals surface area contributed by atoms with Crippen LogP contribution >= 0.6 is 11.3 Å². The molecule has 1 heterocycles. The minimum Gasteiger partial charge on any atom is -0.478 e. The first-order chi connectivity index (χ1) is 12.7. The number of hydrogen-bond acceptors (Lipinski definition) is 3. The van der Waals surface area contributed by atoms with Gasteiger partial charge < -0.3 is 10.4 Å². The average Bonchev–Trinajstić information content (AvgIpc) is 3.11. The zero-order valence-electron chi connectivity index (χ0n) is 14.7. The van der Waals surface area contributed by atoms with E-state index < -0.39 is 5.97 Å². The van der Waals surface area contributed by atoms with Crippen molar-refractivity contribution in [1.29, 1.82) is 0 Å². The highest BCUT2D eigenvalue weighted by atomic mass is 32.1. The summed E-state index contributed by atoms with van der Waals surface area (Å²) < 4.78 is 1.33. The smallest absolute Gasteiger partial charge is 0.335 e. The minimum atomic E-state index is -0.885. The van der Waals surface area contributed by atoms with Crippen LogP contribution in [0.4, 0.5) is 5.69 Å². The third-order valence-electron chi connectivity index (χ3n) is 5.42. The highest BCUT2D eigenvalue weighted by molar-refractivity contribution is 7.17. The Kier molecular flexibility index (Phi) is 4.93. The standard InChI is InChI=1S/C22H23NO2S/c24-22(25)16-10-12-17(13-11-16)23-21(15-6-2-1-3-7-15)19-14-26-20-9-5-4-8-18(19)20/h4-5,8-15,21,23H,1-3,6-7H2,(H,24,25). The molecule has 1 atom stereocenters. The number of benzene rings is 2. The molecule has 0 spiro atoms. The molecule has 1 aliphatic rings. The van der Waals surface area contributed by atoms with Crippen LogP contribution in [0.2, 0.25) is 0 Å². The molecule has 0 bridgehead atoms.